The van der Waals surface area contributed by atoms with Crippen molar-refractivity contribution < 1.29 is 22.7 Å². The standard InChI is InChI=1S/C24H34N2O5S/c1-8-26(9-2)32(28,29)18-14-15-22(30-7)20(16-18)25-23(27)17(3)31-21-13-11-10-12-19(21)24(4,5)6/h10-17H,8-9H2,1-7H3,(H,25,27). The van der Waals surface area contributed by atoms with E-state index in [4.69, 9.17) is 9.47 Å². The normalized spacial score (nSPS) is 13.0. The van der Waals surface area contributed by atoms with E-state index in [1.165, 1.54) is 29.6 Å². The van der Waals surface area contributed by atoms with E-state index < -0.39 is 22.0 Å². The first-order valence-corrected chi connectivity index (χ1v) is 12.1. The Morgan fingerprint density at radius 3 is 2.25 bits per heavy atom. The van der Waals surface area contributed by atoms with Crippen molar-refractivity contribution in [3.63, 3.8) is 0 Å². The summed E-state index contributed by atoms with van der Waals surface area (Å²) >= 11 is 0. The molecule has 8 heteroatoms. The van der Waals surface area contributed by atoms with Gasteiger partial charge < -0.3 is 14.8 Å². The van der Waals surface area contributed by atoms with Gasteiger partial charge in [0.2, 0.25) is 10.0 Å². The molecule has 7 nitrogen and oxygen atoms in total. The van der Waals surface area contributed by atoms with E-state index in [0.29, 0.717) is 24.6 Å². The first-order chi connectivity index (χ1) is 14.9. The number of benzene rings is 2. The Hall–Kier alpha value is -2.58. The number of nitrogens with zero attached hydrogens (tertiary/aromatic N) is 1. The van der Waals surface area contributed by atoms with E-state index in [0.717, 1.165) is 5.56 Å². The molecule has 0 aromatic heterocycles. The van der Waals surface area contributed by atoms with Crippen LogP contribution in [0.15, 0.2) is 47.4 Å². The molecule has 2 rings (SSSR count). The topological polar surface area (TPSA) is 84.9 Å². The third-order valence-electron chi connectivity index (χ3n) is 5.14. The second-order valence-corrected chi connectivity index (χ2v) is 10.4. The van der Waals surface area contributed by atoms with E-state index in [-0.39, 0.29) is 16.0 Å². The molecule has 0 aliphatic carbocycles. The molecule has 1 amide bonds. The Morgan fingerprint density at radius 2 is 1.69 bits per heavy atom. The number of sulfonamides is 1. The molecule has 0 aliphatic rings. The summed E-state index contributed by atoms with van der Waals surface area (Å²) in [4.78, 5) is 13.0. The number of hydrogen-bond donors (Lipinski definition) is 1. The van der Waals surface area contributed by atoms with E-state index in [1.807, 2.05) is 24.3 Å². The maximum Gasteiger partial charge on any atom is 0.265 e. The van der Waals surface area contributed by atoms with Crippen LogP contribution in [0.1, 0.15) is 47.1 Å². The van der Waals surface area contributed by atoms with Crippen LogP contribution in [0.5, 0.6) is 11.5 Å². The lowest BCUT2D eigenvalue weighted by Gasteiger charge is -2.24. The Bertz CT molecular complexity index is 1040. The lowest BCUT2D eigenvalue weighted by molar-refractivity contribution is -0.122. The maximum absolute atomic E-state index is 12.9. The van der Waals surface area contributed by atoms with Crippen molar-refractivity contribution in [2.45, 2.75) is 58.0 Å². The molecule has 0 radical (unpaired) electrons. The highest BCUT2D eigenvalue weighted by molar-refractivity contribution is 7.89. The lowest BCUT2D eigenvalue weighted by atomic mass is 9.86. The summed E-state index contributed by atoms with van der Waals surface area (Å²) in [5.74, 6) is 0.580. The molecule has 1 N–H and O–H groups in total. The van der Waals surface area contributed by atoms with Gasteiger partial charge in [-0.25, -0.2) is 8.42 Å². The molecule has 0 bridgehead atoms. The van der Waals surface area contributed by atoms with Crippen LogP contribution in [0.3, 0.4) is 0 Å². The van der Waals surface area contributed by atoms with Gasteiger partial charge in [0.1, 0.15) is 11.5 Å². The maximum atomic E-state index is 12.9. The molecule has 0 spiro atoms. The Morgan fingerprint density at radius 1 is 1.06 bits per heavy atom. The highest BCUT2D eigenvalue weighted by atomic mass is 32.2. The summed E-state index contributed by atoms with van der Waals surface area (Å²) in [6.07, 6.45) is -0.814. The Labute approximate surface area is 191 Å². The number of hydrogen-bond acceptors (Lipinski definition) is 5. The second-order valence-electron chi connectivity index (χ2n) is 8.45. The van der Waals surface area contributed by atoms with Gasteiger partial charge in [-0.3, -0.25) is 4.79 Å². The third kappa shape index (κ3) is 5.81. The fourth-order valence-electron chi connectivity index (χ4n) is 3.33. The van der Waals surface area contributed by atoms with E-state index in [9.17, 15) is 13.2 Å². The number of para-hydroxylation sites is 1. The summed E-state index contributed by atoms with van der Waals surface area (Å²) in [6.45, 7) is 12.1. The van der Waals surface area contributed by atoms with Crippen LogP contribution in [0.4, 0.5) is 5.69 Å². The van der Waals surface area contributed by atoms with E-state index in [1.54, 1.807) is 20.8 Å². The van der Waals surface area contributed by atoms with Crippen LogP contribution in [0.2, 0.25) is 0 Å². The number of carbonyl (C=O) groups is 1. The van der Waals surface area contributed by atoms with Crippen LogP contribution in [-0.4, -0.2) is 44.9 Å². The molecule has 0 heterocycles. The molecule has 2 aromatic rings. The third-order valence-corrected chi connectivity index (χ3v) is 7.19. The number of ether oxygens (including phenoxy) is 2. The summed E-state index contributed by atoms with van der Waals surface area (Å²) in [5, 5.41) is 2.76. The molecule has 32 heavy (non-hydrogen) atoms. The van der Waals surface area contributed by atoms with Gasteiger partial charge >= 0.3 is 0 Å². The van der Waals surface area contributed by atoms with Crippen molar-refractivity contribution in [2.75, 3.05) is 25.5 Å². The first-order valence-electron chi connectivity index (χ1n) is 10.7. The van der Waals surface area contributed by atoms with Crippen molar-refractivity contribution in [1.29, 1.82) is 0 Å². The molecule has 0 saturated carbocycles. The average Bonchev–Trinajstić information content (AvgIpc) is 2.73. The van der Waals surface area contributed by atoms with Crippen LogP contribution in [0, 0.1) is 0 Å². The number of anilines is 1. The van der Waals surface area contributed by atoms with Gasteiger partial charge in [-0.15, -0.1) is 0 Å². The molecule has 1 unspecified atom stereocenters. The van der Waals surface area contributed by atoms with Gasteiger partial charge in [0.25, 0.3) is 5.91 Å². The molecule has 0 saturated heterocycles. The fourth-order valence-corrected chi connectivity index (χ4v) is 4.81. The summed E-state index contributed by atoms with van der Waals surface area (Å²) < 4.78 is 38.4. The molecule has 0 aliphatic heterocycles. The molecular weight excluding hydrogens is 428 g/mol. The van der Waals surface area contributed by atoms with Gasteiger partial charge in [-0.05, 0) is 42.2 Å². The van der Waals surface area contributed by atoms with Crippen molar-refractivity contribution in [3.05, 3.63) is 48.0 Å². The van der Waals surface area contributed by atoms with Crippen LogP contribution in [-0.2, 0) is 20.2 Å². The lowest BCUT2D eigenvalue weighted by Crippen LogP contribution is -2.32. The number of methoxy groups -OCH3 is 1. The number of rotatable bonds is 9. The highest BCUT2D eigenvalue weighted by Gasteiger charge is 2.25. The molecular formula is C24H34N2O5S. The highest BCUT2D eigenvalue weighted by Crippen LogP contribution is 2.32. The number of nitrogens with one attached hydrogen (secondary N) is 1. The van der Waals surface area contributed by atoms with Gasteiger partial charge in [0.05, 0.1) is 17.7 Å². The summed E-state index contributed by atoms with van der Waals surface area (Å²) in [7, 11) is -2.22. The van der Waals surface area contributed by atoms with Crippen molar-refractivity contribution in [1.82, 2.24) is 4.31 Å². The minimum absolute atomic E-state index is 0.0870. The van der Waals surface area contributed by atoms with Crippen molar-refractivity contribution in [3.8, 4) is 11.5 Å². The quantitative estimate of drug-likeness (QED) is 0.596. The Kier molecular flexibility index (Phi) is 8.31. The minimum Gasteiger partial charge on any atom is -0.495 e. The number of carbonyl (C=O) groups excluding carboxylic acids is 1. The van der Waals surface area contributed by atoms with Gasteiger partial charge in [-0.2, -0.15) is 4.31 Å². The van der Waals surface area contributed by atoms with E-state index >= 15 is 0 Å². The molecule has 176 valence electrons. The monoisotopic (exact) mass is 462 g/mol. The molecule has 1 atom stereocenters. The number of amides is 1. The van der Waals surface area contributed by atoms with Crippen LogP contribution in [0.25, 0.3) is 0 Å². The smallest absolute Gasteiger partial charge is 0.265 e. The van der Waals surface area contributed by atoms with Gasteiger partial charge in [0.15, 0.2) is 6.10 Å². The molecule has 0 fully saturated rings. The SMILES string of the molecule is CCN(CC)S(=O)(=O)c1ccc(OC)c(NC(=O)C(C)Oc2ccccc2C(C)(C)C)c1. The predicted molar refractivity (Wildman–Crippen MR) is 127 cm³/mol. The average molecular weight is 463 g/mol. The second kappa shape index (κ2) is 10.4. The largest absolute Gasteiger partial charge is 0.495 e. The zero-order valence-corrected chi connectivity index (χ0v) is 20.7. The minimum atomic E-state index is -3.68. The zero-order valence-electron chi connectivity index (χ0n) is 19.9. The summed E-state index contributed by atoms with van der Waals surface area (Å²) in [6, 6.07) is 12.0. The van der Waals surface area contributed by atoms with Crippen molar-refractivity contribution in [2.24, 2.45) is 0 Å². The van der Waals surface area contributed by atoms with Crippen molar-refractivity contribution >= 4 is 21.6 Å². The molecule has 2 aromatic carbocycles. The fraction of sp³-hybridized carbons (Fsp3) is 0.458. The zero-order chi connectivity index (χ0) is 24.1. The first kappa shape index (κ1) is 25.7. The predicted octanol–water partition coefficient (Wildman–Crippen LogP) is 4.43. The Balaban J connectivity index is 2.30. The summed E-state index contributed by atoms with van der Waals surface area (Å²) in [5.41, 5.74) is 1.11. The van der Waals surface area contributed by atoms with Gasteiger partial charge in [-0.1, -0.05) is 52.8 Å². The van der Waals surface area contributed by atoms with Crippen LogP contribution >= 0.6 is 0 Å². The van der Waals surface area contributed by atoms with E-state index in [2.05, 4.69) is 26.1 Å². The van der Waals surface area contributed by atoms with Crippen LogP contribution < -0.4 is 14.8 Å². The van der Waals surface area contributed by atoms with Gasteiger partial charge in [0, 0.05) is 13.1 Å².